The number of rotatable bonds is 2. The summed E-state index contributed by atoms with van der Waals surface area (Å²) >= 11 is 1.55. The zero-order valence-electron chi connectivity index (χ0n) is 7.50. The number of amides is 2. The normalized spacial score (nSPS) is 12.2. The Bertz CT molecular complexity index is 298. The number of hydrogen-bond acceptors (Lipinski definition) is 4. The summed E-state index contributed by atoms with van der Waals surface area (Å²) in [4.78, 5) is 16.1. The molecule has 1 unspecified atom stereocenters. The Morgan fingerprint density at radius 2 is 2.46 bits per heavy atom. The minimum absolute atomic E-state index is 0.109. The molecular formula is C7H12N4OS. The zero-order valence-corrected chi connectivity index (χ0v) is 8.31. The molecule has 0 aromatic carbocycles. The van der Waals surface area contributed by atoms with Gasteiger partial charge in [0.15, 0.2) is 0 Å². The van der Waals surface area contributed by atoms with Crippen LogP contribution in [0.4, 0.5) is 4.79 Å². The Morgan fingerprint density at radius 3 is 2.92 bits per heavy atom. The fourth-order valence-corrected chi connectivity index (χ4v) is 1.65. The van der Waals surface area contributed by atoms with E-state index in [2.05, 4.69) is 10.3 Å². The van der Waals surface area contributed by atoms with Crippen LogP contribution in [0, 0.1) is 6.92 Å². The van der Waals surface area contributed by atoms with Crippen LogP contribution in [0.2, 0.25) is 0 Å². The maximum absolute atomic E-state index is 10.8. The van der Waals surface area contributed by atoms with Crippen molar-refractivity contribution in [1.29, 1.82) is 0 Å². The largest absolute Gasteiger partial charge is 0.329 e. The molecule has 1 heterocycles. The molecule has 1 atom stereocenters. The van der Waals surface area contributed by atoms with E-state index in [-0.39, 0.29) is 6.04 Å². The smallest absolute Gasteiger partial charge is 0.328 e. The summed E-state index contributed by atoms with van der Waals surface area (Å²) in [6.45, 7) is 3.82. The molecule has 4 N–H and O–H groups in total. The van der Waals surface area contributed by atoms with Gasteiger partial charge in [-0.1, -0.05) is 0 Å². The molecule has 0 bridgehead atoms. The van der Waals surface area contributed by atoms with Crippen molar-refractivity contribution in [3.63, 3.8) is 0 Å². The molecule has 6 heteroatoms. The maximum Gasteiger partial charge on any atom is 0.329 e. The van der Waals surface area contributed by atoms with E-state index in [0.29, 0.717) is 0 Å². The van der Waals surface area contributed by atoms with Gasteiger partial charge in [0.1, 0.15) is 5.01 Å². The quantitative estimate of drug-likeness (QED) is 0.373. The molecule has 1 rings (SSSR count). The van der Waals surface area contributed by atoms with Crippen molar-refractivity contribution in [2.24, 2.45) is 5.84 Å². The first kappa shape index (κ1) is 9.94. The SMILES string of the molecule is Cc1cnc(C(C)NC(=O)NN)s1. The van der Waals surface area contributed by atoms with Gasteiger partial charge in [0.2, 0.25) is 0 Å². The van der Waals surface area contributed by atoms with Crippen LogP contribution >= 0.6 is 11.3 Å². The molecule has 0 aliphatic rings. The Balaban J connectivity index is 2.58. The van der Waals surface area contributed by atoms with E-state index >= 15 is 0 Å². The van der Waals surface area contributed by atoms with Crippen molar-refractivity contribution in [3.8, 4) is 0 Å². The van der Waals surface area contributed by atoms with Crippen molar-refractivity contribution >= 4 is 17.4 Å². The lowest BCUT2D eigenvalue weighted by molar-refractivity contribution is 0.238. The van der Waals surface area contributed by atoms with Crippen molar-refractivity contribution in [2.45, 2.75) is 19.9 Å². The molecular weight excluding hydrogens is 188 g/mol. The highest BCUT2D eigenvalue weighted by molar-refractivity contribution is 7.11. The van der Waals surface area contributed by atoms with Crippen LogP contribution in [0.5, 0.6) is 0 Å². The molecule has 1 aromatic rings. The predicted molar refractivity (Wildman–Crippen MR) is 51.1 cm³/mol. The number of hydrogen-bond donors (Lipinski definition) is 3. The third-order valence-corrected chi connectivity index (χ3v) is 2.58. The van der Waals surface area contributed by atoms with Crippen molar-refractivity contribution in [1.82, 2.24) is 15.7 Å². The summed E-state index contributed by atoms with van der Waals surface area (Å²) in [6, 6.07) is -0.511. The van der Waals surface area contributed by atoms with Crippen LogP contribution in [0.15, 0.2) is 6.20 Å². The Labute approximate surface area is 80.3 Å². The third kappa shape index (κ3) is 2.67. The standard InChI is InChI=1S/C7H12N4OS/c1-4-3-9-6(13-4)5(2)10-7(12)11-8/h3,5H,8H2,1-2H3,(H2,10,11,12). The molecule has 0 saturated heterocycles. The van der Waals surface area contributed by atoms with Gasteiger partial charge in [-0.25, -0.2) is 15.6 Å². The lowest BCUT2D eigenvalue weighted by Gasteiger charge is -2.09. The van der Waals surface area contributed by atoms with Crippen LogP contribution < -0.4 is 16.6 Å². The highest BCUT2D eigenvalue weighted by Gasteiger charge is 2.10. The molecule has 0 aliphatic carbocycles. The number of nitrogens with two attached hydrogens (primary N) is 1. The summed E-state index contributed by atoms with van der Waals surface area (Å²) in [6.07, 6.45) is 1.78. The van der Waals surface area contributed by atoms with E-state index in [1.165, 1.54) is 0 Å². The summed E-state index contributed by atoms with van der Waals surface area (Å²) in [7, 11) is 0. The summed E-state index contributed by atoms with van der Waals surface area (Å²) in [5.74, 6) is 4.92. The van der Waals surface area contributed by atoms with Gasteiger partial charge in [-0.15, -0.1) is 11.3 Å². The lowest BCUT2D eigenvalue weighted by Crippen LogP contribution is -2.40. The van der Waals surface area contributed by atoms with Crippen molar-refractivity contribution in [2.75, 3.05) is 0 Å². The zero-order chi connectivity index (χ0) is 9.84. The topological polar surface area (TPSA) is 80.0 Å². The van der Waals surface area contributed by atoms with Crippen LogP contribution in [0.3, 0.4) is 0 Å². The van der Waals surface area contributed by atoms with E-state index in [0.717, 1.165) is 9.88 Å². The van der Waals surface area contributed by atoms with E-state index in [1.54, 1.807) is 17.5 Å². The van der Waals surface area contributed by atoms with E-state index in [9.17, 15) is 4.79 Å². The minimum atomic E-state index is -0.402. The minimum Gasteiger partial charge on any atom is -0.328 e. The van der Waals surface area contributed by atoms with Crippen LogP contribution in [0.1, 0.15) is 22.9 Å². The third-order valence-electron chi connectivity index (χ3n) is 1.49. The number of thiazole rings is 1. The molecule has 0 aliphatic heterocycles. The number of carbonyl (C=O) groups is 1. The fourth-order valence-electron chi connectivity index (χ4n) is 0.872. The molecule has 1 aromatic heterocycles. The predicted octanol–water partition coefficient (Wildman–Crippen LogP) is 0.685. The monoisotopic (exact) mass is 200 g/mol. The number of aryl methyl sites for hydroxylation is 1. The number of urea groups is 1. The van der Waals surface area contributed by atoms with E-state index in [1.807, 2.05) is 19.3 Å². The van der Waals surface area contributed by atoms with Crippen molar-refractivity contribution in [3.05, 3.63) is 16.1 Å². The Kier molecular flexibility index (Phi) is 3.21. The molecule has 2 amide bonds. The lowest BCUT2D eigenvalue weighted by atomic mass is 10.4. The van der Waals surface area contributed by atoms with Gasteiger partial charge in [-0.2, -0.15) is 0 Å². The first-order valence-corrected chi connectivity index (χ1v) is 4.64. The molecule has 0 spiro atoms. The van der Waals surface area contributed by atoms with Crippen LogP contribution in [0.25, 0.3) is 0 Å². The summed E-state index contributed by atoms with van der Waals surface area (Å²) in [5, 5.41) is 3.51. The molecule has 0 fully saturated rings. The first-order valence-electron chi connectivity index (χ1n) is 3.83. The molecule has 5 nitrogen and oxygen atoms in total. The van der Waals surface area contributed by atoms with Crippen LogP contribution in [-0.2, 0) is 0 Å². The van der Waals surface area contributed by atoms with Gasteiger partial charge in [0.05, 0.1) is 6.04 Å². The van der Waals surface area contributed by atoms with Gasteiger partial charge >= 0.3 is 6.03 Å². The second kappa shape index (κ2) is 4.20. The second-order valence-electron chi connectivity index (χ2n) is 2.65. The van der Waals surface area contributed by atoms with Gasteiger partial charge in [-0.3, -0.25) is 5.43 Å². The number of carbonyl (C=O) groups excluding carboxylic acids is 1. The van der Waals surface area contributed by atoms with Gasteiger partial charge in [-0.05, 0) is 13.8 Å². The Hall–Kier alpha value is -1.14. The average Bonchev–Trinajstić information content (AvgIpc) is 2.51. The molecule has 0 radical (unpaired) electrons. The summed E-state index contributed by atoms with van der Waals surface area (Å²) < 4.78 is 0. The maximum atomic E-state index is 10.8. The molecule has 72 valence electrons. The number of nitrogens with one attached hydrogen (secondary N) is 2. The van der Waals surface area contributed by atoms with Gasteiger partial charge in [0.25, 0.3) is 0 Å². The Morgan fingerprint density at radius 1 is 1.77 bits per heavy atom. The van der Waals surface area contributed by atoms with Gasteiger partial charge in [0, 0.05) is 11.1 Å². The first-order chi connectivity index (χ1) is 6.13. The number of nitrogens with zero attached hydrogens (tertiary/aromatic N) is 1. The second-order valence-corrected chi connectivity index (χ2v) is 3.91. The van der Waals surface area contributed by atoms with Crippen molar-refractivity contribution < 1.29 is 4.79 Å². The molecule has 0 saturated carbocycles. The average molecular weight is 200 g/mol. The van der Waals surface area contributed by atoms with Crippen LogP contribution in [-0.4, -0.2) is 11.0 Å². The van der Waals surface area contributed by atoms with E-state index < -0.39 is 6.03 Å². The highest BCUT2D eigenvalue weighted by atomic mass is 32.1. The number of aromatic nitrogens is 1. The highest BCUT2D eigenvalue weighted by Crippen LogP contribution is 2.18. The van der Waals surface area contributed by atoms with Gasteiger partial charge < -0.3 is 5.32 Å². The fraction of sp³-hybridized carbons (Fsp3) is 0.429. The number of hydrazine groups is 1. The van der Waals surface area contributed by atoms with E-state index in [4.69, 9.17) is 5.84 Å². The summed E-state index contributed by atoms with van der Waals surface area (Å²) in [5.41, 5.74) is 2.00. The molecule has 13 heavy (non-hydrogen) atoms.